The fraction of sp³-hybridized carbons (Fsp3) is 0.0588. The zero-order valence-electron chi connectivity index (χ0n) is 11.1. The molecule has 0 aliphatic carbocycles. The summed E-state index contributed by atoms with van der Waals surface area (Å²) in [5, 5.41) is 4.27. The summed E-state index contributed by atoms with van der Waals surface area (Å²) in [5.74, 6) is 0.881. The van der Waals surface area contributed by atoms with Gasteiger partial charge in [0, 0.05) is 14.3 Å². The van der Waals surface area contributed by atoms with E-state index in [9.17, 15) is 0 Å². The van der Waals surface area contributed by atoms with E-state index in [4.69, 9.17) is 16.0 Å². The van der Waals surface area contributed by atoms with Gasteiger partial charge < -0.3 is 9.73 Å². The van der Waals surface area contributed by atoms with Crippen molar-refractivity contribution in [1.29, 1.82) is 0 Å². The third kappa shape index (κ3) is 3.41. The normalized spacial score (nSPS) is 12.1. The van der Waals surface area contributed by atoms with E-state index >= 15 is 0 Å². The summed E-state index contributed by atoms with van der Waals surface area (Å²) >= 11 is 8.30. The molecular weight excluding hydrogens is 397 g/mol. The van der Waals surface area contributed by atoms with Gasteiger partial charge in [0.2, 0.25) is 0 Å². The monoisotopic (exact) mass is 409 g/mol. The van der Waals surface area contributed by atoms with Gasteiger partial charge in [-0.25, -0.2) is 0 Å². The Morgan fingerprint density at radius 3 is 2.48 bits per heavy atom. The first-order chi connectivity index (χ1) is 10.2. The Labute approximate surface area is 142 Å². The lowest BCUT2D eigenvalue weighted by Crippen LogP contribution is -2.12. The van der Waals surface area contributed by atoms with Gasteiger partial charge in [-0.1, -0.05) is 41.9 Å². The van der Waals surface area contributed by atoms with Crippen LogP contribution in [0.25, 0.3) is 0 Å². The Kier molecular flexibility index (Phi) is 4.51. The number of hydrogen-bond donors (Lipinski definition) is 1. The molecule has 0 saturated heterocycles. The third-order valence-corrected chi connectivity index (χ3v) is 4.32. The van der Waals surface area contributed by atoms with Gasteiger partial charge in [0.15, 0.2) is 0 Å². The molecule has 0 saturated carbocycles. The van der Waals surface area contributed by atoms with E-state index in [1.165, 1.54) is 0 Å². The topological polar surface area (TPSA) is 25.2 Å². The molecule has 21 heavy (non-hydrogen) atoms. The molecule has 0 amide bonds. The zero-order chi connectivity index (χ0) is 14.7. The molecule has 1 unspecified atom stereocenters. The largest absolute Gasteiger partial charge is 0.467 e. The van der Waals surface area contributed by atoms with E-state index in [-0.39, 0.29) is 6.04 Å². The third-order valence-electron chi connectivity index (χ3n) is 3.19. The second-order valence-corrected chi connectivity index (χ2v) is 6.23. The van der Waals surface area contributed by atoms with E-state index in [1.807, 2.05) is 48.5 Å². The van der Waals surface area contributed by atoms with Crippen LogP contribution in [-0.2, 0) is 0 Å². The van der Waals surface area contributed by atoms with Crippen LogP contribution in [0.15, 0.2) is 71.3 Å². The fourth-order valence-electron chi connectivity index (χ4n) is 2.18. The molecule has 4 heteroatoms. The maximum absolute atomic E-state index is 6.02. The number of anilines is 1. The van der Waals surface area contributed by atoms with Crippen LogP contribution in [0, 0.1) is 3.57 Å². The van der Waals surface area contributed by atoms with Gasteiger partial charge in [-0.15, -0.1) is 0 Å². The van der Waals surface area contributed by atoms with Gasteiger partial charge in [0.1, 0.15) is 11.8 Å². The summed E-state index contributed by atoms with van der Waals surface area (Å²) in [4.78, 5) is 0. The number of nitrogens with one attached hydrogen (secondary N) is 1. The van der Waals surface area contributed by atoms with Crippen molar-refractivity contribution in [2.75, 3.05) is 5.32 Å². The molecule has 2 aromatic carbocycles. The Bertz CT molecular complexity index is 713. The molecule has 106 valence electrons. The van der Waals surface area contributed by atoms with Gasteiger partial charge >= 0.3 is 0 Å². The van der Waals surface area contributed by atoms with E-state index in [0.717, 1.165) is 25.6 Å². The highest BCUT2D eigenvalue weighted by molar-refractivity contribution is 14.1. The number of halogens is 2. The maximum atomic E-state index is 6.02. The van der Waals surface area contributed by atoms with E-state index < -0.39 is 0 Å². The first kappa shape index (κ1) is 14.5. The molecule has 0 aliphatic heterocycles. The standard InChI is InChI=1S/C17H13ClINO/c18-13-8-9-15(14(19)11-13)20-17(16-7-4-10-21-16)12-5-2-1-3-6-12/h1-11,17,20H. The van der Waals surface area contributed by atoms with Gasteiger partial charge in [-0.05, 0) is 58.5 Å². The number of furan rings is 1. The molecule has 0 aliphatic rings. The molecule has 3 rings (SSSR count). The molecule has 0 radical (unpaired) electrons. The number of hydrogen-bond acceptors (Lipinski definition) is 2. The average molecular weight is 410 g/mol. The van der Waals surface area contributed by atoms with Crippen LogP contribution in [-0.4, -0.2) is 0 Å². The first-order valence-corrected chi connectivity index (χ1v) is 7.99. The lowest BCUT2D eigenvalue weighted by Gasteiger charge is -2.19. The Morgan fingerprint density at radius 1 is 1.00 bits per heavy atom. The fourth-order valence-corrected chi connectivity index (χ4v) is 3.21. The van der Waals surface area contributed by atoms with Crippen LogP contribution in [0.4, 0.5) is 5.69 Å². The highest BCUT2D eigenvalue weighted by Gasteiger charge is 2.17. The SMILES string of the molecule is Clc1ccc(NC(c2ccccc2)c2ccco2)c(I)c1. The Hall–Kier alpha value is -1.46. The van der Waals surface area contributed by atoms with Crippen molar-refractivity contribution in [3.8, 4) is 0 Å². The quantitative estimate of drug-likeness (QED) is 0.556. The predicted molar refractivity (Wildman–Crippen MR) is 94.8 cm³/mol. The molecule has 1 heterocycles. The summed E-state index contributed by atoms with van der Waals surface area (Å²) in [6, 6.07) is 19.9. The molecule has 1 aromatic heterocycles. The molecule has 0 spiro atoms. The summed E-state index contributed by atoms with van der Waals surface area (Å²) in [6.07, 6.45) is 1.69. The molecule has 1 N–H and O–H groups in total. The minimum absolute atomic E-state index is 0.0316. The minimum atomic E-state index is -0.0316. The Morgan fingerprint density at radius 2 is 1.81 bits per heavy atom. The van der Waals surface area contributed by atoms with E-state index in [2.05, 4.69) is 40.0 Å². The zero-order valence-corrected chi connectivity index (χ0v) is 14.0. The molecule has 3 aromatic rings. The lowest BCUT2D eigenvalue weighted by molar-refractivity contribution is 0.499. The van der Waals surface area contributed by atoms with Crippen LogP contribution >= 0.6 is 34.2 Å². The summed E-state index contributed by atoms with van der Waals surface area (Å²) in [6.45, 7) is 0. The first-order valence-electron chi connectivity index (χ1n) is 6.54. The molecule has 1 atom stereocenters. The number of rotatable bonds is 4. The molecule has 2 nitrogen and oxygen atoms in total. The molecule has 0 bridgehead atoms. The van der Waals surface area contributed by atoms with Crippen LogP contribution in [0.3, 0.4) is 0 Å². The second-order valence-electron chi connectivity index (χ2n) is 4.63. The van der Waals surface area contributed by atoms with Crippen molar-refractivity contribution in [2.24, 2.45) is 0 Å². The minimum Gasteiger partial charge on any atom is -0.467 e. The van der Waals surface area contributed by atoms with Gasteiger partial charge in [0.25, 0.3) is 0 Å². The summed E-state index contributed by atoms with van der Waals surface area (Å²) in [7, 11) is 0. The second kappa shape index (κ2) is 6.54. The lowest BCUT2D eigenvalue weighted by atomic mass is 10.0. The highest BCUT2D eigenvalue weighted by Crippen LogP contribution is 2.30. The van der Waals surface area contributed by atoms with Gasteiger partial charge in [-0.3, -0.25) is 0 Å². The molecular formula is C17H13ClINO. The highest BCUT2D eigenvalue weighted by atomic mass is 127. The smallest absolute Gasteiger partial charge is 0.130 e. The van der Waals surface area contributed by atoms with Crippen molar-refractivity contribution in [3.63, 3.8) is 0 Å². The Balaban J connectivity index is 1.97. The van der Waals surface area contributed by atoms with Crippen molar-refractivity contribution in [1.82, 2.24) is 0 Å². The van der Waals surface area contributed by atoms with Crippen molar-refractivity contribution >= 4 is 39.9 Å². The number of benzene rings is 2. The van der Waals surface area contributed by atoms with Crippen molar-refractivity contribution in [3.05, 3.63) is 86.8 Å². The van der Waals surface area contributed by atoms with Crippen LogP contribution in [0.5, 0.6) is 0 Å². The summed E-state index contributed by atoms with van der Waals surface area (Å²) < 4.78 is 6.67. The average Bonchev–Trinajstić information content (AvgIpc) is 3.01. The summed E-state index contributed by atoms with van der Waals surface area (Å²) in [5.41, 5.74) is 2.18. The maximum Gasteiger partial charge on any atom is 0.130 e. The van der Waals surface area contributed by atoms with Gasteiger partial charge in [0.05, 0.1) is 6.26 Å². The van der Waals surface area contributed by atoms with E-state index in [1.54, 1.807) is 6.26 Å². The van der Waals surface area contributed by atoms with Gasteiger partial charge in [-0.2, -0.15) is 0 Å². The molecule has 0 fully saturated rings. The van der Waals surface area contributed by atoms with Crippen LogP contribution in [0.1, 0.15) is 17.4 Å². The predicted octanol–water partition coefficient (Wildman–Crippen LogP) is 5.74. The van der Waals surface area contributed by atoms with Crippen LogP contribution in [0.2, 0.25) is 5.02 Å². The van der Waals surface area contributed by atoms with Crippen molar-refractivity contribution in [2.45, 2.75) is 6.04 Å². The van der Waals surface area contributed by atoms with Crippen molar-refractivity contribution < 1.29 is 4.42 Å². The van der Waals surface area contributed by atoms with Crippen LogP contribution < -0.4 is 5.32 Å². The van der Waals surface area contributed by atoms with E-state index in [0.29, 0.717) is 0 Å².